The molecule has 1 heterocycles. The number of hydrogen-bond acceptors (Lipinski definition) is 1. The van der Waals surface area contributed by atoms with Crippen molar-refractivity contribution in [3.63, 3.8) is 0 Å². The maximum atomic E-state index is 12.1. The van der Waals surface area contributed by atoms with E-state index in [4.69, 9.17) is 0 Å². The van der Waals surface area contributed by atoms with Gasteiger partial charge in [-0.2, -0.15) is 0 Å². The Labute approximate surface area is 109 Å². The molecule has 7 heteroatoms. The van der Waals surface area contributed by atoms with Crippen LogP contribution >= 0.6 is 0 Å². The zero-order chi connectivity index (χ0) is 8.48. The Balaban J connectivity index is 0.00000121. The van der Waals surface area contributed by atoms with Gasteiger partial charge in [0, 0.05) is 6.20 Å². The Bertz CT molecular complexity index is 264. The van der Waals surface area contributed by atoms with Crippen molar-refractivity contribution in [2.45, 2.75) is 0 Å². The number of nitrogens with zero attached hydrogens (tertiary/aromatic N) is 1. The molecule has 0 N–H and O–H groups in total. The van der Waals surface area contributed by atoms with Crippen LogP contribution < -0.4 is 56.8 Å². The Hall–Kier alpha value is 0.571. The molecule has 0 unspecified atom stereocenters. The van der Waals surface area contributed by atoms with Crippen molar-refractivity contribution in [2.24, 2.45) is 0 Å². The minimum absolute atomic E-state index is 0. The number of halogens is 4. The summed E-state index contributed by atoms with van der Waals surface area (Å²) >= 11 is 0. The maximum Gasteiger partial charge on any atom is 1.00 e. The molecule has 0 saturated heterocycles. The van der Waals surface area contributed by atoms with E-state index in [0.29, 0.717) is 12.3 Å². The van der Waals surface area contributed by atoms with Crippen molar-refractivity contribution in [3.05, 3.63) is 24.3 Å². The second-order valence-corrected chi connectivity index (χ2v) is 2.01. The van der Waals surface area contributed by atoms with Gasteiger partial charge in [-0.25, -0.2) is 4.39 Å². The second-order valence-electron chi connectivity index (χ2n) is 2.01. The van der Waals surface area contributed by atoms with E-state index in [1.54, 1.807) is 0 Å². The van der Waals surface area contributed by atoms with Crippen LogP contribution in [-0.2, 0) is 0 Å². The van der Waals surface area contributed by atoms with E-state index in [9.17, 15) is 17.3 Å². The zero-order valence-electron chi connectivity index (χ0n) is 6.27. The third-order valence-corrected chi connectivity index (χ3v) is 1.10. The van der Waals surface area contributed by atoms with Crippen molar-refractivity contribution in [3.8, 4) is 0 Å². The van der Waals surface area contributed by atoms with E-state index >= 15 is 0 Å². The Morgan fingerprint density at radius 1 is 1.17 bits per heavy atom. The average molecular weight is 203 g/mol. The van der Waals surface area contributed by atoms with E-state index in [2.05, 4.69) is 4.98 Å². The zero-order valence-corrected chi connectivity index (χ0v) is 9.39. The molecule has 0 radical (unpaired) electrons. The molecule has 1 rings (SSSR count). The first-order valence-corrected chi connectivity index (χ1v) is 2.80. The van der Waals surface area contributed by atoms with Crippen molar-refractivity contribution < 1.29 is 68.7 Å². The molecule has 1 aromatic rings. The van der Waals surface area contributed by atoms with Gasteiger partial charge in [0.2, 0.25) is 0 Å². The summed E-state index contributed by atoms with van der Waals surface area (Å²) in [7, 11) is 0. The number of hydrogen-bond donors (Lipinski definition) is 0. The van der Waals surface area contributed by atoms with Crippen LogP contribution in [0.25, 0.3) is 0 Å². The molecule has 60 valence electrons. The van der Waals surface area contributed by atoms with Gasteiger partial charge in [-0.15, -0.1) is 0 Å². The minimum Gasteiger partial charge on any atom is -0.445 e. The van der Waals surface area contributed by atoms with Gasteiger partial charge in [0.25, 0.3) is 0 Å². The summed E-state index contributed by atoms with van der Waals surface area (Å²) in [6, 6.07) is 0.424. The number of aromatic nitrogens is 1. The average Bonchev–Trinajstić information content (AvgIpc) is 1.86. The van der Waals surface area contributed by atoms with Gasteiger partial charge >= 0.3 is 58.4 Å². The minimum atomic E-state index is -5.13. The molecule has 1 aromatic heterocycles. The molecule has 0 amide bonds. The second kappa shape index (κ2) is 4.71. The predicted octanol–water partition coefficient (Wildman–Crippen LogP) is -1.72. The summed E-state index contributed by atoms with van der Waals surface area (Å²) in [6.07, 6.45) is 1.33. The van der Waals surface area contributed by atoms with Crippen LogP contribution in [0, 0.1) is 5.82 Å². The first kappa shape index (κ1) is 12.6. The van der Waals surface area contributed by atoms with Crippen LogP contribution in [0.4, 0.5) is 17.3 Å². The standard InChI is InChI=1S/C5H3BF4N.K/c7-5-1-4(2-11-3-5)6(8,9)10;/h1-3H;/q-1;+1. The summed E-state index contributed by atoms with van der Waals surface area (Å²) in [5.41, 5.74) is -1.01. The monoisotopic (exact) mass is 203 g/mol. The third-order valence-electron chi connectivity index (χ3n) is 1.10. The molecule has 0 bridgehead atoms. The van der Waals surface area contributed by atoms with Gasteiger partial charge in [0.15, 0.2) is 0 Å². The summed E-state index contributed by atoms with van der Waals surface area (Å²) in [5, 5.41) is 0. The van der Waals surface area contributed by atoms with Gasteiger partial charge < -0.3 is 12.9 Å². The molecule has 0 spiro atoms. The summed E-state index contributed by atoms with van der Waals surface area (Å²) in [4.78, 5) is 3.07. The third kappa shape index (κ3) is 3.53. The van der Waals surface area contributed by atoms with Crippen molar-refractivity contribution >= 4 is 12.4 Å². The smallest absolute Gasteiger partial charge is 0.445 e. The molecule has 0 atom stereocenters. The molecule has 0 saturated carbocycles. The number of pyridine rings is 1. The summed E-state index contributed by atoms with van der Waals surface area (Å²) < 4.78 is 47.6. The Morgan fingerprint density at radius 3 is 2.08 bits per heavy atom. The van der Waals surface area contributed by atoms with E-state index in [0.717, 1.165) is 6.20 Å². The van der Waals surface area contributed by atoms with Crippen LogP contribution in [0.1, 0.15) is 0 Å². The molecule has 1 nitrogen and oxygen atoms in total. The van der Waals surface area contributed by atoms with Crippen LogP contribution in [0.2, 0.25) is 0 Å². The van der Waals surface area contributed by atoms with Crippen molar-refractivity contribution in [1.82, 2.24) is 4.98 Å². The van der Waals surface area contributed by atoms with Crippen molar-refractivity contribution in [1.29, 1.82) is 0 Å². The molecular weight excluding hydrogens is 200 g/mol. The Morgan fingerprint density at radius 2 is 1.75 bits per heavy atom. The Kier molecular flexibility index (Phi) is 4.93. The molecule has 12 heavy (non-hydrogen) atoms. The molecule has 0 aromatic carbocycles. The van der Waals surface area contributed by atoms with Gasteiger partial charge in [0.1, 0.15) is 5.82 Å². The SMILES string of the molecule is Fc1cncc([B-](F)(F)F)c1.[K+]. The molecular formula is C5H3BF4KN. The predicted molar refractivity (Wildman–Crippen MR) is 32.9 cm³/mol. The van der Waals surface area contributed by atoms with Crippen LogP contribution in [-0.4, -0.2) is 12.0 Å². The van der Waals surface area contributed by atoms with Crippen LogP contribution in [0.15, 0.2) is 18.5 Å². The number of rotatable bonds is 1. The summed E-state index contributed by atoms with van der Waals surface area (Å²) in [6.45, 7) is -5.13. The largest absolute Gasteiger partial charge is 1.00 e. The van der Waals surface area contributed by atoms with Crippen molar-refractivity contribution in [2.75, 3.05) is 0 Å². The van der Waals surface area contributed by atoms with E-state index in [-0.39, 0.29) is 51.4 Å². The quantitative estimate of drug-likeness (QED) is 0.390. The van der Waals surface area contributed by atoms with Crippen LogP contribution in [0.5, 0.6) is 0 Å². The van der Waals surface area contributed by atoms with E-state index < -0.39 is 18.3 Å². The molecule has 0 aliphatic rings. The molecule has 0 aliphatic carbocycles. The van der Waals surface area contributed by atoms with Gasteiger partial charge in [-0.05, 0) is 0 Å². The first-order valence-electron chi connectivity index (χ1n) is 2.80. The fourth-order valence-corrected chi connectivity index (χ4v) is 0.607. The normalized spacial score (nSPS) is 10.7. The van der Waals surface area contributed by atoms with Gasteiger partial charge in [-0.1, -0.05) is 11.5 Å². The first-order chi connectivity index (χ1) is 5.00. The van der Waals surface area contributed by atoms with E-state index in [1.807, 2.05) is 0 Å². The van der Waals surface area contributed by atoms with Gasteiger partial charge in [-0.3, -0.25) is 4.98 Å². The van der Waals surface area contributed by atoms with Gasteiger partial charge in [0.05, 0.1) is 6.20 Å². The molecule has 0 fully saturated rings. The summed E-state index contributed by atoms with van der Waals surface area (Å²) in [5.74, 6) is -0.971. The molecule has 0 aliphatic heterocycles. The fraction of sp³-hybridized carbons (Fsp3) is 0. The maximum absolute atomic E-state index is 12.1. The fourth-order valence-electron chi connectivity index (χ4n) is 0.607. The van der Waals surface area contributed by atoms with E-state index in [1.165, 1.54) is 0 Å². The topological polar surface area (TPSA) is 12.9 Å². The van der Waals surface area contributed by atoms with Crippen LogP contribution in [0.3, 0.4) is 0 Å².